The van der Waals surface area contributed by atoms with Gasteiger partial charge in [-0.25, -0.2) is 13.8 Å². The summed E-state index contributed by atoms with van der Waals surface area (Å²) >= 11 is 0. The van der Waals surface area contributed by atoms with E-state index < -0.39 is 41.3 Å². The number of phenolic OH excluding ortho intramolecular Hbond substituents is 1. The van der Waals surface area contributed by atoms with Crippen LogP contribution in [0.4, 0.5) is 22.0 Å². The fourth-order valence-electron chi connectivity index (χ4n) is 4.94. The van der Waals surface area contributed by atoms with E-state index in [1.165, 1.54) is 0 Å². The van der Waals surface area contributed by atoms with Crippen LogP contribution in [0, 0.1) is 23.5 Å². The third kappa shape index (κ3) is 4.25. The maximum atomic E-state index is 14.6. The topological polar surface area (TPSA) is 68.7 Å². The van der Waals surface area contributed by atoms with Crippen LogP contribution in [-0.2, 0) is 28.7 Å². The lowest BCUT2D eigenvalue weighted by Gasteiger charge is -2.16. The maximum Gasteiger partial charge on any atom is 0.417 e. The number of carbonyl (C=O) groups is 1. The van der Waals surface area contributed by atoms with Crippen molar-refractivity contribution >= 4 is 5.97 Å². The number of aromatic nitrogens is 1. The summed E-state index contributed by atoms with van der Waals surface area (Å²) in [6.07, 6.45) is -2.65. The molecule has 0 radical (unpaired) electrons. The first-order valence-corrected chi connectivity index (χ1v) is 11.2. The van der Waals surface area contributed by atoms with Crippen LogP contribution in [0.5, 0.6) is 11.6 Å². The Hall–Kier alpha value is -3.69. The van der Waals surface area contributed by atoms with Crippen LogP contribution in [0.1, 0.15) is 35.1 Å². The molecule has 2 aromatic carbocycles. The number of alkyl halides is 3. The SMILES string of the molecule is CCOC(=O)[C@H]1[C@@H]2Cc3cc(OCc4cc(-c5ccc(O)c(F)c5)c(C(F)(F)F)cc4F)ncc3[C@@H]21. The number of esters is 1. The molecule has 1 fully saturated rings. The van der Waals surface area contributed by atoms with Gasteiger partial charge in [-0.1, -0.05) is 6.07 Å². The van der Waals surface area contributed by atoms with Crippen molar-refractivity contribution in [2.45, 2.75) is 32.0 Å². The van der Waals surface area contributed by atoms with E-state index in [-0.39, 0.29) is 40.7 Å². The van der Waals surface area contributed by atoms with Gasteiger partial charge in [0.2, 0.25) is 5.88 Å². The molecule has 1 saturated carbocycles. The van der Waals surface area contributed by atoms with Crippen molar-refractivity contribution in [2.75, 3.05) is 6.61 Å². The summed E-state index contributed by atoms with van der Waals surface area (Å²) in [5.74, 6) is -2.97. The van der Waals surface area contributed by atoms with Crippen molar-refractivity contribution in [3.8, 4) is 22.8 Å². The molecule has 2 aliphatic rings. The number of fused-ring (bicyclic) bond motifs is 3. The van der Waals surface area contributed by atoms with Gasteiger partial charge in [0.05, 0.1) is 18.1 Å². The lowest BCUT2D eigenvalue weighted by Crippen LogP contribution is -2.11. The summed E-state index contributed by atoms with van der Waals surface area (Å²) in [6, 6.07) is 5.77. The largest absolute Gasteiger partial charge is 0.505 e. The Morgan fingerprint density at radius 3 is 2.61 bits per heavy atom. The zero-order valence-corrected chi connectivity index (χ0v) is 18.9. The third-order valence-corrected chi connectivity index (χ3v) is 6.67. The molecule has 0 saturated heterocycles. The van der Waals surface area contributed by atoms with Crippen molar-refractivity contribution in [1.82, 2.24) is 4.98 Å². The van der Waals surface area contributed by atoms with Crippen LogP contribution in [0.3, 0.4) is 0 Å². The highest BCUT2D eigenvalue weighted by atomic mass is 19.4. The second-order valence-corrected chi connectivity index (χ2v) is 8.83. The predicted molar refractivity (Wildman–Crippen MR) is 117 cm³/mol. The Bertz CT molecular complexity index is 1360. The number of ether oxygens (including phenoxy) is 2. The smallest absolute Gasteiger partial charge is 0.417 e. The molecule has 3 aromatic rings. The zero-order chi connectivity index (χ0) is 25.8. The van der Waals surface area contributed by atoms with Gasteiger partial charge in [-0.3, -0.25) is 4.79 Å². The maximum absolute atomic E-state index is 14.6. The van der Waals surface area contributed by atoms with Crippen LogP contribution in [-0.4, -0.2) is 22.7 Å². The quantitative estimate of drug-likeness (QED) is 0.340. The van der Waals surface area contributed by atoms with Crippen molar-refractivity contribution in [2.24, 2.45) is 11.8 Å². The average molecular weight is 505 g/mol. The van der Waals surface area contributed by atoms with Gasteiger partial charge in [0.25, 0.3) is 0 Å². The van der Waals surface area contributed by atoms with E-state index in [9.17, 15) is 31.9 Å². The molecule has 3 atom stereocenters. The van der Waals surface area contributed by atoms with Gasteiger partial charge in [-0.15, -0.1) is 0 Å². The average Bonchev–Trinajstić information content (AvgIpc) is 3.41. The van der Waals surface area contributed by atoms with Gasteiger partial charge in [-0.05, 0) is 65.8 Å². The lowest BCUT2D eigenvalue weighted by molar-refractivity contribution is -0.145. The van der Waals surface area contributed by atoms with Crippen molar-refractivity contribution in [3.05, 3.63) is 76.5 Å². The number of halogens is 5. The molecule has 5 nitrogen and oxygen atoms in total. The van der Waals surface area contributed by atoms with E-state index >= 15 is 0 Å². The highest BCUT2D eigenvalue weighted by Gasteiger charge is 2.60. The first-order valence-electron chi connectivity index (χ1n) is 11.2. The fourth-order valence-corrected chi connectivity index (χ4v) is 4.94. The standard InChI is InChI=1S/C26H20F5NO4/c1-2-35-25(34)24-16-5-13-8-22(32-10-17(13)23(16)24)36-11-14-6-15(12-3-4-21(33)20(28)7-12)18(9-19(14)27)26(29,30)31/h3-4,6-10,16,23-24,33H,2,5,11H2,1H3/t16-,23-,24+/m1/s1. The molecule has 1 aromatic heterocycles. The third-order valence-electron chi connectivity index (χ3n) is 6.67. The Morgan fingerprint density at radius 1 is 1.14 bits per heavy atom. The number of nitrogens with zero attached hydrogens (tertiary/aromatic N) is 1. The Labute approximate surface area is 202 Å². The van der Waals surface area contributed by atoms with Gasteiger partial charge >= 0.3 is 12.1 Å². The summed E-state index contributed by atoms with van der Waals surface area (Å²) in [5, 5.41) is 9.37. The molecule has 0 spiro atoms. The minimum atomic E-state index is -4.90. The van der Waals surface area contributed by atoms with Crippen LogP contribution in [0.15, 0.2) is 42.6 Å². The van der Waals surface area contributed by atoms with E-state index in [1.807, 2.05) is 0 Å². The van der Waals surface area contributed by atoms with Crippen molar-refractivity contribution in [3.63, 3.8) is 0 Å². The minimum Gasteiger partial charge on any atom is -0.505 e. The summed E-state index contributed by atoms with van der Waals surface area (Å²) in [6.45, 7) is 1.65. The van der Waals surface area contributed by atoms with E-state index in [2.05, 4.69) is 4.98 Å². The van der Waals surface area contributed by atoms with Gasteiger partial charge < -0.3 is 14.6 Å². The van der Waals surface area contributed by atoms with Gasteiger partial charge in [-0.2, -0.15) is 13.2 Å². The summed E-state index contributed by atoms with van der Waals surface area (Å²) < 4.78 is 79.9. The minimum absolute atomic E-state index is 0.0567. The van der Waals surface area contributed by atoms with Crippen molar-refractivity contribution < 1.29 is 41.3 Å². The van der Waals surface area contributed by atoms with Crippen LogP contribution in [0.2, 0.25) is 0 Å². The van der Waals surface area contributed by atoms with E-state index in [1.54, 1.807) is 19.2 Å². The molecule has 2 aliphatic carbocycles. The molecule has 188 valence electrons. The van der Waals surface area contributed by atoms with Crippen LogP contribution >= 0.6 is 0 Å². The summed E-state index contributed by atoms with van der Waals surface area (Å²) in [7, 11) is 0. The molecule has 36 heavy (non-hydrogen) atoms. The first kappa shape index (κ1) is 24.0. The number of hydrogen-bond donors (Lipinski definition) is 1. The van der Waals surface area contributed by atoms with Crippen LogP contribution < -0.4 is 4.74 Å². The number of benzene rings is 2. The molecule has 10 heteroatoms. The predicted octanol–water partition coefficient (Wildman–Crippen LogP) is 5.78. The molecular formula is C26H20F5NO4. The Morgan fingerprint density at radius 2 is 1.92 bits per heavy atom. The monoisotopic (exact) mass is 505 g/mol. The number of aromatic hydroxyl groups is 1. The second-order valence-electron chi connectivity index (χ2n) is 8.83. The summed E-state index contributed by atoms with van der Waals surface area (Å²) in [5.41, 5.74) is -0.205. The number of carbonyl (C=O) groups excluding carboxylic acids is 1. The lowest BCUT2D eigenvalue weighted by atomic mass is 9.96. The number of phenols is 1. The molecule has 0 unspecified atom stereocenters. The highest BCUT2D eigenvalue weighted by Crippen LogP contribution is 2.61. The van der Waals surface area contributed by atoms with E-state index in [0.29, 0.717) is 19.1 Å². The first-order chi connectivity index (χ1) is 17.1. The molecule has 1 N–H and O–H groups in total. The molecular weight excluding hydrogens is 485 g/mol. The normalized spacial score (nSPS) is 20.0. The fraction of sp³-hybridized carbons (Fsp3) is 0.308. The molecule has 0 aliphatic heterocycles. The van der Waals surface area contributed by atoms with Gasteiger partial charge in [0.1, 0.15) is 12.4 Å². The Kier molecular flexibility index (Phi) is 5.84. The van der Waals surface area contributed by atoms with Gasteiger partial charge in [0.15, 0.2) is 11.6 Å². The van der Waals surface area contributed by atoms with E-state index in [4.69, 9.17) is 9.47 Å². The van der Waals surface area contributed by atoms with Gasteiger partial charge in [0, 0.05) is 23.7 Å². The zero-order valence-electron chi connectivity index (χ0n) is 18.9. The van der Waals surface area contributed by atoms with Crippen LogP contribution in [0.25, 0.3) is 11.1 Å². The molecule has 0 amide bonds. The highest BCUT2D eigenvalue weighted by molar-refractivity contribution is 5.79. The molecule has 1 heterocycles. The molecule has 5 rings (SSSR count). The summed E-state index contributed by atoms with van der Waals surface area (Å²) in [4.78, 5) is 16.2. The van der Waals surface area contributed by atoms with Crippen molar-refractivity contribution in [1.29, 1.82) is 0 Å². The van der Waals surface area contributed by atoms with E-state index in [0.717, 1.165) is 35.4 Å². The number of rotatable bonds is 6. The Balaban J connectivity index is 1.37. The number of pyridine rings is 1. The molecule has 0 bridgehead atoms. The number of hydrogen-bond acceptors (Lipinski definition) is 5. The second kappa shape index (κ2) is 8.76.